The van der Waals surface area contributed by atoms with Crippen molar-refractivity contribution in [1.29, 1.82) is 0 Å². The van der Waals surface area contributed by atoms with Gasteiger partial charge in [0.1, 0.15) is 6.04 Å². The van der Waals surface area contributed by atoms with Crippen LogP contribution >= 0.6 is 0 Å². The molecule has 5 heteroatoms. The molecule has 4 N–H and O–H groups in total. The Bertz CT molecular complexity index is 149. The molecule has 0 spiro atoms. The molecule has 0 radical (unpaired) electrons. The first-order chi connectivity index (χ1) is 4.66. The highest BCUT2D eigenvalue weighted by Crippen LogP contribution is 2.11. The molecule has 58 valence electrons. The van der Waals surface area contributed by atoms with Crippen LogP contribution in [0.15, 0.2) is 0 Å². The van der Waals surface area contributed by atoms with Crippen LogP contribution in [-0.2, 0) is 4.79 Å². The fourth-order valence-corrected chi connectivity index (χ4v) is 0.920. The fraction of sp³-hybridized carbons (Fsp3) is 0.800. The van der Waals surface area contributed by atoms with E-state index in [-0.39, 0.29) is 6.61 Å². The molecule has 1 heterocycles. The normalized spacial score (nSPS) is 38.8. The van der Waals surface area contributed by atoms with Crippen molar-refractivity contribution in [3.8, 4) is 0 Å². The number of carboxylic acids is 1. The van der Waals surface area contributed by atoms with Crippen LogP contribution < -0.4 is 5.32 Å². The second kappa shape index (κ2) is 2.53. The van der Waals surface area contributed by atoms with E-state index in [1.165, 1.54) is 0 Å². The first kappa shape index (κ1) is 7.46. The van der Waals surface area contributed by atoms with Crippen molar-refractivity contribution < 1.29 is 20.1 Å². The standard InChI is InChI=1S/C5H9NO4/c7-1-2-4(8)3(6-2)5(9)10/h2-4,6-8H,1H2,(H,9,10)/t2-,3-,4-/m1/s1. The van der Waals surface area contributed by atoms with Crippen LogP contribution in [0.25, 0.3) is 0 Å². The summed E-state index contributed by atoms with van der Waals surface area (Å²) in [6.45, 7) is -0.231. The summed E-state index contributed by atoms with van der Waals surface area (Å²) < 4.78 is 0. The molecule has 1 fully saturated rings. The quantitative estimate of drug-likeness (QED) is 0.355. The Morgan fingerprint density at radius 2 is 2.20 bits per heavy atom. The number of nitrogens with one attached hydrogen (secondary N) is 1. The Morgan fingerprint density at radius 3 is 2.50 bits per heavy atom. The summed E-state index contributed by atoms with van der Waals surface area (Å²) in [7, 11) is 0. The second-order valence-electron chi connectivity index (χ2n) is 2.26. The van der Waals surface area contributed by atoms with Crippen molar-refractivity contribution >= 4 is 5.97 Å². The number of hydrogen-bond acceptors (Lipinski definition) is 4. The van der Waals surface area contributed by atoms with Gasteiger partial charge in [0.05, 0.1) is 18.8 Å². The van der Waals surface area contributed by atoms with Crippen molar-refractivity contribution in [2.24, 2.45) is 0 Å². The number of carboxylic acid groups (broad SMARTS) is 1. The third kappa shape index (κ3) is 0.985. The van der Waals surface area contributed by atoms with Gasteiger partial charge in [-0.2, -0.15) is 0 Å². The number of aliphatic carboxylic acids is 1. The molecule has 0 unspecified atom stereocenters. The highest BCUT2D eigenvalue weighted by Gasteiger charge is 2.43. The van der Waals surface area contributed by atoms with Crippen LogP contribution in [0.3, 0.4) is 0 Å². The molecule has 0 aliphatic carbocycles. The maximum atomic E-state index is 10.1. The van der Waals surface area contributed by atoms with Crippen LogP contribution in [0.1, 0.15) is 0 Å². The zero-order valence-corrected chi connectivity index (χ0v) is 5.19. The van der Waals surface area contributed by atoms with Crippen LogP contribution in [0.4, 0.5) is 0 Å². The summed E-state index contributed by atoms with van der Waals surface area (Å²) in [4.78, 5) is 10.1. The van der Waals surface area contributed by atoms with Crippen molar-refractivity contribution in [2.45, 2.75) is 18.2 Å². The number of rotatable bonds is 2. The molecule has 3 atom stereocenters. The van der Waals surface area contributed by atoms with E-state index >= 15 is 0 Å². The Kier molecular flexibility index (Phi) is 1.89. The first-order valence-electron chi connectivity index (χ1n) is 2.94. The zero-order valence-electron chi connectivity index (χ0n) is 5.19. The minimum atomic E-state index is -1.09. The minimum absolute atomic E-state index is 0.231. The smallest absolute Gasteiger partial charge is 0.323 e. The van der Waals surface area contributed by atoms with Gasteiger partial charge in [0.25, 0.3) is 0 Å². The molecule has 1 saturated heterocycles. The molecule has 0 aromatic heterocycles. The zero-order chi connectivity index (χ0) is 7.72. The van der Waals surface area contributed by atoms with E-state index in [0.29, 0.717) is 0 Å². The number of aliphatic hydroxyl groups excluding tert-OH is 2. The van der Waals surface area contributed by atoms with E-state index in [2.05, 4.69) is 5.32 Å². The first-order valence-corrected chi connectivity index (χ1v) is 2.94. The van der Waals surface area contributed by atoms with Crippen molar-refractivity contribution in [1.82, 2.24) is 5.32 Å². The Labute approximate surface area is 57.3 Å². The maximum absolute atomic E-state index is 10.1. The summed E-state index contributed by atoms with van der Waals surface area (Å²) in [6, 6.07) is -1.38. The lowest BCUT2D eigenvalue weighted by Crippen LogP contribution is -2.69. The van der Waals surface area contributed by atoms with Gasteiger partial charge in [-0.25, -0.2) is 0 Å². The highest BCUT2D eigenvalue weighted by atomic mass is 16.4. The van der Waals surface area contributed by atoms with E-state index in [0.717, 1.165) is 0 Å². The number of hydrogen-bond donors (Lipinski definition) is 4. The largest absolute Gasteiger partial charge is 0.480 e. The molecule has 5 nitrogen and oxygen atoms in total. The molecule has 0 aromatic rings. The van der Waals surface area contributed by atoms with Gasteiger partial charge in [0.2, 0.25) is 0 Å². The molecule has 0 aromatic carbocycles. The molecule has 0 saturated carbocycles. The van der Waals surface area contributed by atoms with E-state index in [1.807, 2.05) is 0 Å². The molecule has 1 rings (SSSR count). The Morgan fingerprint density at radius 1 is 1.60 bits per heavy atom. The highest BCUT2D eigenvalue weighted by molar-refractivity contribution is 5.76. The van der Waals surface area contributed by atoms with Crippen molar-refractivity contribution in [3.63, 3.8) is 0 Å². The minimum Gasteiger partial charge on any atom is -0.480 e. The van der Waals surface area contributed by atoms with E-state index in [4.69, 9.17) is 15.3 Å². The van der Waals surface area contributed by atoms with Gasteiger partial charge >= 0.3 is 5.97 Å². The SMILES string of the molecule is O=C(O)[C@@H]1N[C@H](CO)[C@H]1O. The lowest BCUT2D eigenvalue weighted by Gasteiger charge is -2.38. The Balaban J connectivity index is 2.39. The molecule has 0 amide bonds. The monoisotopic (exact) mass is 147 g/mol. The van der Waals surface area contributed by atoms with Crippen LogP contribution in [0.5, 0.6) is 0 Å². The topological polar surface area (TPSA) is 89.8 Å². The van der Waals surface area contributed by atoms with Crippen LogP contribution in [0.2, 0.25) is 0 Å². The Hall–Kier alpha value is -0.650. The average Bonchev–Trinajstić information content (AvgIpc) is 1.85. The van der Waals surface area contributed by atoms with Gasteiger partial charge in [0, 0.05) is 0 Å². The predicted molar refractivity (Wildman–Crippen MR) is 31.4 cm³/mol. The van der Waals surface area contributed by atoms with Crippen molar-refractivity contribution in [2.75, 3.05) is 6.61 Å². The van der Waals surface area contributed by atoms with E-state index in [1.54, 1.807) is 0 Å². The number of carbonyl (C=O) groups is 1. The average molecular weight is 147 g/mol. The number of aliphatic hydroxyl groups is 2. The maximum Gasteiger partial charge on any atom is 0.323 e. The third-order valence-electron chi connectivity index (χ3n) is 1.61. The summed E-state index contributed by atoms with van der Waals surface area (Å²) in [5.74, 6) is -1.09. The van der Waals surface area contributed by atoms with E-state index < -0.39 is 24.2 Å². The van der Waals surface area contributed by atoms with Gasteiger partial charge in [-0.05, 0) is 0 Å². The van der Waals surface area contributed by atoms with E-state index in [9.17, 15) is 4.79 Å². The van der Waals surface area contributed by atoms with Crippen molar-refractivity contribution in [3.05, 3.63) is 0 Å². The third-order valence-corrected chi connectivity index (χ3v) is 1.61. The predicted octanol–water partition coefficient (Wildman–Crippen LogP) is -2.24. The molecule has 1 aliphatic heterocycles. The molecule has 1 aliphatic rings. The van der Waals surface area contributed by atoms with Gasteiger partial charge in [-0.1, -0.05) is 0 Å². The molecular formula is C5H9NO4. The van der Waals surface area contributed by atoms with Gasteiger partial charge in [-0.3, -0.25) is 10.1 Å². The van der Waals surface area contributed by atoms with Gasteiger partial charge in [0.15, 0.2) is 0 Å². The van der Waals surface area contributed by atoms with Crippen LogP contribution in [0, 0.1) is 0 Å². The molecule has 10 heavy (non-hydrogen) atoms. The molecule has 0 bridgehead atoms. The van der Waals surface area contributed by atoms with Gasteiger partial charge in [-0.15, -0.1) is 0 Å². The lowest BCUT2D eigenvalue weighted by molar-refractivity contribution is -0.150. The second-order valence-corrected chi connectivity index (χ2v) is 2.26. The summed E-state index contributed by atoms with van der Waals surface area (Å²) in [5, 5.41) is 28.2. The summed E-state index contributed by atoms with van der Waals surface area (Å²) in [6.07, 6.45) is -0.956. The lowest BCUT2D eigenvalue weighted by atomic mass is 9.94. The molecular weight excluding hydrogens is 138 g/mol. The summed E-state index contributed by atoms with van der Waals surface area (Å²) >= 11 is 0. The van der Waals surface area contributed by atoms with Crippen LogP contribution in [-0.4, -0.2) is 46.1 Å². The fourth-order valence-electron chi connectivity index (χ4n) is 0.920. The summed E-state index contributed by atoms with van der Waals surface area (Å²) in [5.41, 5.74) is 0. The van der Waals surface area contributed by atoms with Gasteiger partial charge < -0.3 is 15.3 Å².